The fraction of sp³-hybridized carbons (Fsp3) is 0.0789. The third-order valence-corrected chi connectivity index (χ3v) is 17.8. The summed E-state index contributed by atoms with van der Waals surface area (Å²) in [6.45, 7) is 17.9. The standard InChI is InChI=1S/C76H52N6/c1-75(2)59-31-17-12-27-51(59)53-38-42-66-68(70(53)75)55-29-15-20-34-62(55)81(66)64-40-36-48(50-26-14-19-33-61(50)77-5)44-57(64)58-45-49(74-79-72(46-22-8-6-9-23-46)78-73(80-74)47-24-10-7-11-25-47)37-41-65(58)82-63-35-21-16-30-56(63)69-67(82)43-39-54-52-28-13-18-32-60(52)76(3,4)71(54)69/h6-45H,1-4H3. The highest BCUT2D eigenvalue weighted by Crippen LogP contribution is 2.56. The first-order valence-corrected chi connectivity index (χ1v) is 28.1. The third kappa shape index (κ3) is 6.84. The van der Waals surface area contributed by atoms with Crippen LogP contribution in [-0.2, 0) is 10.8 Å². The van der Waals surface area contributed by atoms with E-state index in [2.05, 4.69) is 230 Å². The van der Waals surface area contributed by atoms with Gasteiger partial charge in [-0.15, -0.1) is 0 Å². The van der Waals surface area contributed by atoms with Crippen molar-refractivity contribution in [3.8, 4) is 90.0 Å². The van der Waals surface area contributed by atoms with Gasteiger partial charge in [-0.3, -0.25) is 0 Å². The van der Waals surface area contributed by atoms with E-state index in [1.165, 1.54) is 66.1 Å². The van der Waals surface area contributed by atoms with Crippen molar-refractivity contribution in [2.75, 3.05) is 0 Å². The van der Waals surface area contributed by atoms with Crippen LogP contribution in [0.15, 0.2) is 243 Å². The highest BCUT2D eigenvalue weighted by molar-refractivity contribution is 6.17. The molecule has 0 aliphatic heterocycles. The van der Waals surface area contributed by atoms with Gasteiger partial charge in [-0.05, 0) is 110 Å². The van der Waals surface area contributed by atoms with Crippen LogP contribution in [0.1, 0.15) is 49.9 Å². The summed E-state index contributed by atoms with van der Waals surface area (Å²) in [7, 11) is 0. The minimum absolute atomic E-state index is 0.257. The molecule has 0 radical (unpaired) electrons. The molecule has 0 unspecified atom stereocenters. The Morgan fingerprint density at radius 3 is 1.23 bits per heavy atom. The molecule has 11 aromatic carbocycles. The molecule has 0 fully saturated rings. The van der Waals surface area contributed by atoms with Crippen molar-refractivity contribution in [1.29, 1.82) is 0 Å². The summed E-state index contributed by atoms with van der Waals surface area (Å²) >= 11 is 0. The van der Waals surface area contributed by atoms with Crippen molar-refractivity contribution >= 4 is 49.3 Å². The maximum absolute atomic E-state index is 8.42. The highest BCUT2D eigenvalue weighted by atomic mass is 15.0. The van der Waals surface area contributed by atoms with Crippen LogP contribution in [0.3, 0.4) is 0 Å². The largest absolute Gasteiger partial charge is 0.309 e. The van der Waals surface area contributed by atoms with E-state index in [1.54, 1.807) is 0 Å². The number of fused-ring (bicyclic) bond motifs is 14. The van der Waals surface area contributed by atoms with Gasteiger partial charge in [-0.2, -0.15) is 0 Å². The molecule has 0 spiro atoms. The first-order chi connectivity index (χ1) is 40.2. The monoisotopic (exact) mass is 1050 g/mol. The molecule has 14 aromatic rings. The van der Waals surface area contributed by atoms with Crippen LogP contribution < -0.4 is 0 Å². The summed E-state index contributed by atoms with van der Waals surface area (Å²) < 4.78 is 4.98. The molecule has 0 bridgehead atoms. The molecule has 2 aliphatic rings. The Kier molecular flexibility index (Phi) is 10.3. The lowest BCUT2D eigenvalue weighted by Gasteiger charge is -2.23. The Morgan fingerprint density at radius 1 is 0.329 bits per heavy atom. The van der Waals surface area contributed by atoms with Crippen molar-refractivity contribution in [1.82, 2.24) is 24.1 Å². The Morgan fingerprint density at radius 2 is 0.732 bits per heavy atom. The molecule has 0 saturated heterocycles. The van der Waals surface area contributed by atoms with E-state index in [0.29, 0.717) is 23.2 Å². The molecule has 0 saturated carbocycles. The van der Waals surface area contributed by atoms with Gasteiger partial charge in [0, 0.05) is 60.2 Å². The molecule has 0 atom stereocenters. The molecular weight excluding hydrogens is 997 g/mol. The average molecular weight is 1050 g/mol. The Hall–Kier alpha value is -10.5. The topological polar surface area (TPSA) is 52.9 Å². The molecule has 3 aromatic heterocycles. The highest BCUT2D eigenvalue weighted by Gasteiger charge is 2.40. The second-order valence-electron chi connectivity index (χ2n) is 22.9. The van der Waals surface area contributed by atoms with Crippen LogP contribution in [0.5, 0.6) is 0 Å². The molecule has 2 aliphatic carbocycles. The van der Waals surface area contributed by atoms with Gasteiger partial charge in [-0.1, -0.05) is 216 Å². The molecule has 6 heteroatoms. The maximum atomic E-state index is 8.42. The van der Waals surface area contributed by atoms with Crippen LogP contribution in [0.25, 0.3) is 139 Å². The van der Waals surface area contributed by atoms with E-state index in [0.717, 1.165) is 72.4 Å². The van der Waals surface area contributed by atoms with E-state index in [1.807, 2.05) is 54.6 Å². The first kappa shape index (κ1) is 47.5. The molecule has 0 N–H and O–H groups in total. The number of aromatic nitrogens is 5. The Labute approximate surface area is 475 Å². The zero-order valence-corrected chi connectivity index (χ0v) is 45.8. The molecule has 0 amide bonds. The van der Waals surface area contributed by atoms with Crippen molar-refractivity contribution in [3.63, 3.8) is 0 Å². The normalized spacial score (nSPS) is 13.5. The molecule has 82 heavy (non-hydrogen) atoms. The summed E-state index contributed by atoms with van der Waals surface area (Å²) in [5, 5.41) is 4.90. The lowest BCUT2D eigenvalue weighted by molar-refractivity contribution is 0.666. The minimum Gasteiger partial charge on any atom is -0.309 e. The zero-order chi connectivity index (χ0) is 55.0. The quantitative estimate of drug-likeness (QED) is 0.149. The summed E-state index contributed by atoms with van der Waals surface area (Å²) in [6, 6.07) is 86.9. The van der Waals surface area contributed by atoms with Crippen LogP contribution in [0, 0.1) is 6.57 Å². The van der Waals surface area contributed by atoms with Crippen LogP contribution >= 0.6 is 0 Å². The van der Waals surface area contributed by atoms with Crippen molar-refractivity contribution < 1.29 is 0 Å². The van der Waals surface area contributed by atoms with Gasteiger partial charge < -0.3 is 9.13 Å². The maximum Gasteiger partial charge on any atom is 0.194 e. The van der Waals surface area contributed by atoms with Gasteiger partial charge in [0.05, 0.1) is 40.0 Å². The van der Waals surface area contributed by atoms with E-state index < -0.39 is 0 Å². The smallest absolute Gasteiger partial charge is 0.194 e. The minimum atomic E-state index is -0.261. The van der Waals surface area contributed by atoms with Crippen LogP contribution in [0.4, 0.5) is 5.69 Å². The first-order valence-electron chi connectivity index (χ1n) is 28.1. The van der Waals surface area contributed by atoms with Gasteiger partial charge in [-0.25, -0.2) is 19.8 Å². The van der Waals surface area contributed by atoms with E-state index >= 15 is 0 Å². The molecule has 3 heterocycles. The SMILES string of the molecule is [C-]#[N+]c1ccccc1-c1ccc(-n2c3ccccc3c3c4c(ccc32)-c2ccccc2C4(C)C)c(-c2cc(-c3nc(-c4ccccc4)nc(-c4ccccc4)n3)ccc2-n2c3ccccc3c3c4c(ccc32)-c2ccccc2C4(C)C)c1. The molecule has 386 valence electrons. The summed E-state index contributed by atoms with van der Waals surface area (Å²) in [4.78, 5) is 19.9. The number of nitrogens with zero attached hydrogens (tertiary/aromatic N) is 6. The summed E-state index contributed by atoms with van der Waals surface area (Å²) in [6.07, 6.45) is 0. The van der Waals surface area contributed by atoms with Crippen molar-refractivity contribution in [2.24, 2.45) is 0 Å². The molecule has 16 rings (SSSR count). The van der Waals surface area contributed by atoms with Gasteiger partial charge in [0.2, 0.25) is 0 Å². The zero-order valence-electron chi connectivity index (χ0n) is 45.8. The third-order valence-electron chi connectivity index (χ3n) is 17.8. The predicted molar refractivity (Wildman–Crippen MR) is 337 cm³/mol. The van der Waals surface area contributed by atoms with Gasteiger partial charge in [0.15, 0.2) is 23.2 Å². The van der Waals surface area contributed by atoms with E-state index in [4.69, 9.17) is 21.5 Å². The van der Waals surface area contributed by atoms with E-state index in [-0.39, 0.29) is 10.8 Å². The van der Waals surface area contributed by atoms with E-state index in [9.17, 15) is 0 Å². The van der Waals surface area contributed by atoms with Gasteiger partial charge in [0.25, 0.3) is 0 Å². The second kappa shape index (κ2) is 17.8. The van der Waals surface area contributed by atoms with Crippen molar-refractivity contribution in [2.45, 2.75) is 38.5 Å². The fourth-order valence-electron chi connectivity index (χ4n) is 14.1. The Balaban J connectivity index is 1.04. The lowest BCUT2D eigenvalue weighted by Crippen LogP contribution is -2.15. The molecular formula is C76H52N6. The number of hydrogen-bond acceptors (Lipinski definition) is 3. The van der Waals surface area contributed by atoms with Crippen LogP contribution in [-0.4, -0.2) is 24.1 Å². The van der Waals surface area contributed by atoms with Gasteiger partial charge in [0.1, 0.15) is 0 Å². The average Bonchev–Trinajstić information content (AvgIpc) is 2.69. The fourth-order valence-corrected chi connectivity index (χ4v) is 14.1. The number of rotatable bonds is 7. The number of para-hydroxylation sites is 3. The number of benzene rings is 11. The molecule has 6 nitrogen and oxygen atoms in total. The summed E-state index contributed by atoms with van der Waals surface area (Å²) in [5.74, 6) is 1.75. The Bertz CT molecular complexity index is 4990. The lowest BCUT2D eigenvalue weighted by atomic mass is 9.80. The van der Waals surface area contributed by atoms with Gasteiger partial charge >= 0.3 is 0 Å². The van der Waals surface area contributed by atoms with Crippen molar-refractivity contribution in [3.05, 3.63) is 276 Å². The predicted octanol–water partition coefficient (Wildman–Crippen LogP) is 19.6. The second-order valence-corrected chi connectivity index (χ2v) is 22.9. The van der Waals surface area contributed by atoms with Crippen LogP contribution in [0.2, 0.25) is 0 Å². The summed E-state index contributed by atoms with van der Waals surface area (Å²) in [5.41, 5.74) is 23.5. The number of hydrogen-bond donors (Lipinski definition) is 0.